The lowest BCUT2D eigenvalue weighted by Crippen LogP contribution is -2.39. The van der Waals surface area contributed by atoms with E-state index in [0.29, 0.717) is 5.76 Å². The SMILES string of the molecule is CC1=CC(O)C(O)C(C)O1. The molecule has 0 fully saturated rings. The summed E-state index contributed by atoms with van der Waals surface area (Å²) in [5.41, 5.74) is 0. The maximum absolute atomic E-state index is 9.14. The van der Waals surface area contributed by atoms with Crippen molar-refractivity contribution in [1.29, 1.82) is 0 Å². The van der Waals surface area contributed by atoms with Crippen LogP contribution in [0.4, 0.5) is 0 Å². The Bertz CT molecular complexity index is 153. The molecule has 3 unspecified atom stereocenters. The summed E-state index contributed by atoms with van der Waals surface area (Å²) in [7, 11) is 0. The minimum absolute atomic E-state index is 0.306. The monoisotopic (exact) mass is 144 g/mol. The maximum Gasteiger partial charge on any atom is 0.124 e. The van der Waals surface area contributed by atoms with Crippen molar-refractivity contribution in [3.8, 4) is 0 Å². The first-order chi connectivity index (χ1) is 4.61. The van der Waals surface area contributed by atoms with Gasteiger partial charge in [-0.25, -0.2) is 0 Å². The lowest BCUT2D eigenvalue weighted by molar-refractivity contribution is -0.0641. The van der Waals surface area contributed by atoms with E-state index in [-0.39, 0.29) is 6.10 Å². The van der Waals surface area contributed by atoms with Gasteiger partial charge in [-0.05, 0) is 19.9 Å². The summed E-state index contributed by atoms with van der Waals surface area (Å²) < 4.78 is 5.12. The molecule has 0 aromatic heterocycles. The number of aliphatic hydroxyl groups excluding tert-OH is 2. The van der Waals surface area contributed by atoms with Gasteiger partial charge in [-0.2, -0.15) is 0 Å². The first-order valence-corrected chi connectivity index (χ1v) is 3.32. The third kappa shape index (κ3) is 1.30. The summed E-state index contributed by atoms with van der Waals surface area (Å²) in [4.78, 5) is 0. The molecule has 1 rings (SSSR count). The summed E-state index contributed by atoms with van der Waals surface area (Å²) in [6.07, 6.45) is -0.363. The average Bonchev–Trinajstić information content (AvgIpc) is 1.82. The van der Waals surface area contributed by atoms with E-state index in [1.54, 1.807) is 13.8 Å². The minimum atomic E-state index is -0.788. The number of rotatable bonds is 0. The lowest BCUT2D eigenvalue weighted by Gasteiger charge is -2.28. The van der Waals surface area contributed by atoms with Crippen molar-refractivity contribution < 1.29 is 14.9 Å². The van der Waals surface area contributed by atoms with E-state index >= 15 is 0 Å². The maximum atomic E-state index is 9.14. The Kier molecular flexibility index (Phi) is 1.97. The molecule has 0 spiro atoms. The van der Waals surface area contributed by atoms with Gasteiger partial charge >= 0.3 is 0 Å². The lowest BCUT2D eigenvalue weighted by atomic mass is 10.1. The number of ether oxygens (including phenoxy) is 1. The Hall–Kier alpha value is -0.540. The molecular weight excluding hydrogens is 132 g/mol. The first kappa shape index (κ1) is 7.57. The van der Waals surface area contributed by atoms with Crippen molar-refractivity contribution >= 4 is 0 Å². The molecule has 0 aromatic rings. The molecule has 10 heavy (non-hydrogen) atoms. The fourth-order valence-corrected chi connectivity index (χ4v) is 1.02. The largest absolute Gasteiger partial charge is 0.493 e. The van der Waals surface area contributed by atoms with Crippen LogP contribution in [0.5, 0.6) is 0 Å². The standard InChI is InChI=1S/C7H12O3/c1-4-3-6(8)7(9)5(2)10-4/h3,5-9H,1-2H3. The van der Waals surface area contributed by atoms with Gasteiger partial charge in [0.25, 0.3) is 0 Å². The highest BCUT2D eigenvalue weighted by atomic mass is 16.5. The molecule has 1 aliphatic rings. The summed E-state index contributed by atoms with van der Waals surface area (Å²) in [6, 6.07) is 0. The molecule has 0 radical (unpaired) electrons. The van der Waals surface area contributed by atoms with Gasteiger partial charge in [0.05, 0.1) is 5.76 Å². The van der Waals surface area contributed by atoms with Crippen LogP contribution in [0.25, 0.3) is 0 Å². The third-order valence-electron chi connectivity index (χ3n) is 1.61. The van der Waals surface area contributed by atoms with Gasteiger partial charge in [-0.3, -0.25) is 0 Å². The number of allylic oxidation sites excluding steroid dienone is 1. The van der Waals surface area contributed by atoms with Crippen LogP contribution in [-0.4, -0.2) is 28.5 Å². The molecule has 3 atom stereocenters. The molecule has 0 aromatic carbocycles. The summed E-state index contributed by atoms with van der Waals surface area (Å²) in [5.74, 6) is 0.672. The molecule has 58 valence electrons. The summed E-state index contributed by atoms with van der Waals surface area (Å²) >= 11 is 0. The van der Waals surface area contributed by atoms with Crippen molar-refractivity contribution in [2.45, 2.75) is 32.2 Å². The summed E-state index contributed by atoms with van der Waals surface area (Å²) in [5, 5.41) is 18.3. The first-order valence-electron chi connectivity index (χ1n) is 3.32. The Labute approximate surface area is 59.9 Å². The predicted molar refractivity (Wildman–Crippen MR) is 36.3 cm³/mol. The van der Waals surface area contributed by atoms with Gasteiger partial charge in [0.1, 0.15) is 18.3 Å². The van der Waals surface area contributed by atoms with Crippen LogP contribution in [0.1, 0.15) is 13.8 Å². The molecule has 0 aliphatic carbocycles. The molecule has 1 heterocycles. The quantitative estimate of drug-likeness (QED) is 0.504. The van der Waals surface area contributed by atoms with E-state index in [2.05, 4.69) is 0 Å². The second kappa shape index (κ2) is 2.60. The van der Waals surface area contributed by atoms with Gasteiger partial charge in [0.15, 0.2) is 0 Å². The molecule has 3 nitrogen and oxygen atoms in total. The zero-order chi connectivity index (χ0) is 7.72. The molecular formula is C7H12O3. The molecule has 0 amide bonds. The predicted octanol–water partition coefficient (Wildman–Crippen LogP) is 0.0307. The molecule has 1 aliphatic heterocycles. The second-order valence-electron chi connectivity index (χ2n) is 2.58. The van der Waals surface area contributed by atoms with Crippen molar-refractivity contribution in [2.24, 2.45) is 0 Å². The highest BCUT2D eigenvalue weighted by molar-refractivity contribution is 5.03. The van der Waals surface area contributed by atoms with E-state index in [0.717, 1.165) is 0 Å². The Morgan fingerprint density at radius 3 is 2.60 bits per heavy atom. The van der Waals surface area contributed by atoms with E-state index in [1.807, 2.05) is 0 Å². The molecule has 0 bridgehead atoms. The van der Waals surface area contributed by atoms with Gasteiger partial charge in [0, 0.05) is 0 Å². The van der Waals surface area contributed by atoms with Crippen molar-refractivity contribution in [3.63, 3.8) is 0 Å². The van der Waals surface area contributed by atoms with Crippen LogP contribution in [0, 0.1) is 0 Å². The number of hydrogen-bond donors (Lipinski definition) is 2. The zero-order valence-corrected chi connectivity index (χ0v) is 6.11. The van der Waals surface area contributed by atoms with Crippen molar-refractivity contribution in [3.05, 3.63) is 11.8 Å². The fourth-order valence-electron chi connectivity index (χ4n) is 1.02. The van der Waals surface area contributed by atoms with Crippen LogP contribution >= 0.6 is 0 Å². The molecule has 0 saturated heterocycles. The van der Waals surface area contributed by atoms with Crippen LogP contribution in [0.15, 0.2) is 11.8 Å². The Balaban J connectivity index is 2.69. The van der Waals surface area contributed by atoms with E-state index < -0.39 is 12.2 Å². The highest BCUT2D eigenvalue weighted by Crippen LogP contribution is 2.16. The van der Waals surface area contributed by atoms with Crippen LogP contribution in [0.3, 0.4) is 0 Å². The van der Waals surface area contributed by atoms with E-state index in [9.17, 15) is 0 Å². The summed E-state index contributed by atoms with van der Waals surface area (Å²) in [6.45, 7) is 3.48. The molecule has 0 saturated carbocycles. The molecule has 2 N–H and O–H groups in total. The Morgan fingerprint density at radius 2 is 2.10 bits per heavy atom. The average molecular weight is 144 g/mol. The van der Waals surface area contributed by atoms with Gasteiger partial charge < -0.3 is 14.9 Å². The van der Waals surface area contributed by atoms with Crippen LogP contribution < -0.4 is 0 Å². The topological polar surface area (TPSA) is 49.7 Å². The van der Waals surface area contributed by atoms with Gasteiger partial charge in [-0.1, -0.05) is 0 Å². The van der Waals surface area contributed by atoms with Gasteiger partial charge in [-0.15, -0.1) is 0 Å². The fraction of sp³-hybridized carbons (Fsp3) is 0.714. The van der Waals surface area contributed by atoms with E-state index in [1.165, 1.54) is 6.08 Å². The molecule has 3 heteroatoms. The highest BCUT2D eigenvalue weighted by Gasteiger charge is 2.26. The van der Waals surface area contributed by atoms with Gasteiger partial charge in [0.2, 0.25) is 0 Å². The second-order valence-corrected chi connectivity index (χ2v) is 2.58. The number of hydrogen-bond acceptors (Lipinski definition) is 3. The Morgan fingerprint density at radius 1 is 1.50 bits per heavy atom. The van der Waals surface area contributed by atoms with Crippen molar-refractivity contribution in [2.75, 3.05) is 0 Å². The minimum Gasteiger partial charge on any atom is -0.493 e. The van der Waals surface area contributed by atoms with E-state index in [4.69, 9.17) is 14.9 Å². The van der Waals surface area contributed by atoms with Crippen LogP contribution in [0.2, 0.25) is 0 Å². The van der Waals surface area contributed by atoms with Crippen molar-refractivity contribution in [1.82, 2.24) is 0 Å². The normalized spacial score (nSPS) is 40.4. The zero-order valence-electron chi connectivity index (χ0n) is 6.11. The van der Waals surface area contributed by atoms with Crippen LogP contribution in [-0.2, 0) is 4.74 Å². The third-order valence-corrected chi connectivity index (χ3v) is 1.61. The smallest absolute Gasteiger partial charge is 0.124 e. The number of aliphatic hydroxyl groups is 2.